The van der Waals surface area contributed by atoms with E-state index < -0.39 is 11.7 Å². The van der Waals surface area contributed by atoms with Crippen LogP contribution < -0.4 is 0 Å². The number of alkyl halides is 3. The summed E-state index contributed by atoms with van der Waals surface area (Å²) in [6, 6.07) is 13.8. The Balaban J connectivity index is 2.16. The van der Waals surface area contributed by atoms with Crippen LogP contribution in [0.25, 0.3) is 22.4 Å². The minimum atomic E-state index is -4.39. The zero-order valence-corrected chi connectivity index (χ0v) is 14.6. The Labute approximate surface area is 153 Å². The van der Waals surface area contributed by atoms with Gasteiger partial charge in [0.2, 0.25) is 0 Å². The molecule has 6 heteroatoms. The Hall–Kier alpha value is -2.37. The molecule has 0 aliphatic heterocycles. The number of aromatic nitrogens is 1. The average Bonchev–Trinajstić information content (AvgIpc) is 2.62. The summed E-state index contributed by atoms with van der Waals surface area (Å²) < 4.78 is 38.4. The molecular weight excluding hydrogens is 363 g/mol. The normalized spacial score (nSPS) is 11.6. The molecule has 0 aliphatic rings. The summed E-state index contributed by atoms with van der Waals surface area (Å²) >= 11 is 5.94. The van der Waals surface area contributed by atoms with E-state index in [9.17, 15) is 18.3 Å². The summed E-state index contributed by atoms with van der Waals surface area (Å²) in [5.41, 5.74) is 3.22. The van der Waals surface area contributed by atoms with Crippen LogP contribution in [-0.2, 0) is 12.8 Å². The molecule has 1 N–H and O–H groups in total. The van der Waals surface area contributed by atoms with Crippen molar-refractivity contribution in [2.45, 2.75) is 19.7 Å². The summed E-state index contributed by atoms with van der Waals surface area (Å²) in [6.45, 7) is 1.58. The van der Waals surface area contributed by atoms with Crippen LogP contribution >= 0.6 is 11.6 Å². The van der Waals surface area contributed by atoms with E-state index in [1.807, 2.05) is 12.1 Å². The van der Waals surface area contributed by atoms with Crippen LogP contribution in [0.3, 0.4) is 0 Å². The standard InChI is InChI=1S/C20H15ClF3NO/c1-12-15(11-26)10-18(13-4-8-17(21)9-5-13)19(25-12)14-2-6-16(7-3-14)20(22,23)24/h2-10,26H,11H2,1H3. The van der Waals surface area contributed by atoms with Gasteiger partial charge in [-0.05, 0) is 48.4 Å². The highest BCUT2D eigenvalue weighted by Crippen LogP contribution is 2.35. The molecule has 134 valence electrons. The number of halogens is 4. The molecule has 1 heterocycles. The highest BCUT2D eigenvalue weighted by Gasteiger charge is 2.30. The van der Waals surface area contributed by atoms with Gasteiger partial charge < -0.3 is 5.11 Å². The first-order valence-electron chi connectivity index (χ1n) is 7.84. The first-order valence-corrected chi connectivity index (χ1v) is 8.22. The Bertz CT molecular complexity index is 920. The number of pyridine rings is 1. The van der Waals surface area contributed by atoms with Crippen molar-refractivity contribution in [2.75, 3.05) is 0 Å². The molecule has 0 aliphatic carbocycles. The van der Waals surface area contributed by atoms with Crippen LogP contribution in [0.4, 0.5) is 13.2 Å². The largest absolute Gasteiger partial charge is 0.416 e. The van der Waals surface area contributed by atoms with E-state index >= 15 is 0 Å². The number of nitrogens with zero attached hydrogens (tertiary/aromatic N) is 1. The summed E-state index contributed by atoms with van der Waals surface area (Å²) in [5.74, 6) is 0. The van der Waals surface area contributed by atoms with Crippen LogP contribution in [0.1, 0.15) is 16.8 Å². The second-order valence-electron chi connectivity index (χ2n) is 5.87. The SMILES string of the molecule is Cc1nc(-c2ccc(C(F)(F)F)cc2)c(-c2ccc(Cl)cc2)cc1CO. The average molecular weight is 378 g/mol. The van der Waals surface area contributed by atoms with Crippen molar-refractivity contribution >= 4 is 11.6 Å². The molecule has 2 aromatic carbocycles. The van der Waals surface area contributed by atoms with Gasteiger partial charge in [0.05, 0.1) is 17.9 Å². The molecule has 0 spiro atoms. The van der Waals surface area contributed by atoms with E-state index in [4.69, 9.17) is 11.6 Å². The Morgan fingerprint density at radius 1 is 0.962 bits per heavy atom. The van der Waals surface area contributed by atoms with Crippen molar-refractivity contribution in [3.05, 3.63) is 76.4 Å². The fraction of sp³-hybridized carbons (Fsp3) is 0.150. The predicted octanol–water partition coefficient (Wildman–Crippen LogP) is 5.89. The maximum atomic E-state index is 12.8. The van der Waals surface area contributed by atoms with Crippen LogP contribution in [0.5, 0.6) is 0 Å². The quantitative estimate of drug-likeness (QED) is 0.617. The fourth-order valence-corrected chi connectivity index (χ4v) is 2.82. The van der Waals surface area contributed by atoms with Gasteiger partial charge >= 0.3 is 6.18 Å². The second kappa shape index (κ2) is 7.09. The zero-order valence-electron chi connectivity index (χ0n) is 13.8. The summed E-state index contributed by atoms with van der Waals surface area (Å²) in [4.78, 5) is 4.53. The molecule has 26 heavy (non-hydrogen) atoms. The van der Waals surface area contributed by atoms with E-state index in [0.717, 1.165) is 23.3 Å². The van der Waals surface area contributed by atoms with E-state index in [-0.39, 0.29) is 6.61 Å². The van der Waals surface area contributed by atoms with Crippen molar-refractivity contribution in [3.8, 4) is 22.4 Å². The van der Waals surface area contributed by atoms with Crippen molar-refractivity contribution in [1.82, 2.24) is 4.98 Å². The lowest BCUT2D eigenvalue weighted by Gasteiger charge is -2.14. The molecule has 3 rings (SSSR count). The number of aliphatic hydroxyl groups excluding tert-OH is 1. The third kappa shape index (κ3) is 3.74. The van der Waals surface area contributed by atoms with Gasteiger partial charge in [0.1, 0.15) is 0 Å². The van der Waals surface area contributed by atoms with Crippen LogP contribution in [0.2, 0.25) is 5.02 Å². The molecule has 0 fully saturated rings. The van der Waals surface area contributed by atoms with Crippen LogP contribution in [-0.4, -0.2) is 10.1 Å². The molecular formula is C20H15ClF3NO. The molecule has 1 aromatic heterocycles. The van der Waals surface area contributed by atoms with E-state index in [1.165, 1.54) is 12.1 Å². The fourth-order valence-electron chi connectivity index (χ4n) is 2.69. The summed E-state index contributed by atoms with van der Waals surface area (Å²) in [7, 11) is 0. The highest BCUT2D eigenvalue weighted by molar-refractivity contribution is 6.30. The first-order chi connectivity index (χ1) is 12.3. The number of hydrogen-bond donors (Lipinski definition) is 1. The molecule has 0 amide bonds. The lowest BCUT2D eigenvalue weighted by molar-refractivity contribution is -0.137. The van der Waals surface area contributed by atoms with Gasteiger partial charge in [-0.25, -0.2) is 0 Å². The van der Waals surface area contributed by atoms with Gasteiger partial charge in [0, 0.05) is 21.8 Å². The van der Waals surface area contributed by atoms with E-state index in [0.29, 0.717) is 27.5 Å². The molecule has 0 atom stereocenters. The number of benzene rings is 2. The van der Waals surface area contributed by atoms with Gasteiger partial charge in [0.15, 0.2) is 0 Å². The van der Waals surface area contributed by atoms with Crippen LogP contribution in [0, 0.1) is 6.92 Å². The Kier molecular flexibility index (Phi) is 5.03. The zero-order chi connectivity index (χ0) is 18.9. The van der Waals surface area contributed by atoms with Gasteiger partial charge in [-0.2, -0.15) is 13.2 Å². The number of rotatable bonds is 3. The highest BCUT2D eigenvalue weighted by atomic mass is 35.5. The van der Waals surface area contributed by atoms with Gasteiger partial charge in [0.25, 0.3) is 0 Å². The third-order valence-corrected chi connectivity index (χ3v) is 4.38. The van der Waals surface area contributed by atoms with E-state index in [2.05, 4.69) is 4.98 Å². The lowest BCUT2D eigenvalue weighted by Crippen LogP contribution is -2.04. The predicted molar refractivity (Wildman–Crippen MR) is 95.8 cm³/mol. The lowest BCUT2D eigenvalue weighted by atomic mass is 9.96. The molecule has 0 radical (unpaired) electrons. The van der Waals surface area contributed by atoms with Crippen molar-refractivity contribution in [3.63, 3.8) is 0 Å². The third-order valence-electron chi connectivity index (χ3n) is 4.13. The van der Waals surface area contributed by atoms with Gasteiger partial charge in [-0.1, -0.05) is 35.9 Å². The summed E-state index contributed by atoms with van der Waals surface area (Å²) in [5, 5.41) is 10.1. The minimum absolute atomic E-state index is 0.174. The molecule has 2 nitrogen and oxygen atoms in total. The maximum Gasteiger partial charge on any atom is 0.416 e. The summed E-state index contributed by atoms with van der Waals surface area (Å²) in [6.07, 6.45) is -4.39. The van der Waals surface area contributed by atoms with Crippen molar-refractivity contribution in [1.29, 1.82) is 0 Å². The minimum Gasteiger partial charge on any atom is -0.392 e. The van der Waals surface area contributed by atoms with Gasteiger partial charge in [-0.15, -0.1) is 0 Å². The van der Waals surface area contributed by atoms with Crippen molar-refractivity contribution in [2.24, 2.45) is 0 Å². The monoisotopic (exact) mass is 377 g/mol. The number of aryl methyl sites for hydroxylation is 1. The molecule has 0 saturated heterocycles. The smallest absolute Gasteiger partial charge is 0.392 e. The van der Waals surface area contributed by atoms with E-state index in [1.54, 1.807) is 25.1 Å². The Morgan fingerprint density at radius 3 is 2.08 bits per heavy atom. The Morgan fingerprint density at radius 2 is 1.54 bits per heavy atom. The number of hydrogen-bond acceptors (Lipinski definition) is 2. The molecule has 0 bridgehead atoms. The van der Waals surface area contributed by atoms with Crippen LogP contribution in [0.15, 0.2) is 54.6 Å². The number of aliphatic hydroxyl groups is 1. The topological polar surface area (TPSA) is 33.1 Å². The maximum absolute atomic E-state index is 12.8. The second-order valence-corrected chi connectivity index (χ2v) is 6.31. The molecule has 0 saturated carbocycles. The van der Waals surface area contributed by atoms with Crippen molar-refractivity contribution < 1.29 is 18.3 Å². The molecule has 0 unspecified atom stereocenters. The first kappa shape index (κ1) is 18.4. The molecule has 3 aromatic rings. The van der Waals surface area contributed by atoms with Gasteiger partial charge in [-0.3, -0.25) is 4.98 Å².